The summed E-state index contributed by atoms with van der Waals surface area (Å²) in [4.78, 5) is 11.2. The molecule has 4 aromatic rings. The van der Waals surface area contributed by atoms with Gasteiger partial charge < -0.3 is 14.2 Å². The van der Waals surface area contributed by atoms with E-state index in [2.05, 4.69) is 50.4 Å². The minimum Gasteiger partial charge on any atom is -0.490 e. The maximum atomic E-state index is 6.47. The zero-order valence-corrected chi connectivity index (χ0v) is 23.7. The molecule has 0 N–H and O–H groups in total. The van der Waals surface area contributed by atoms with Crippen LogP contribution in [0.2, 0.25) is 10.0 Å². The number of allylic oxidation sites excluding steroid dienone is 1. The van der Waals surface area contributed by atoms with Gasteiger partial charge in [-0.15, -0.1) is 0 Å². The van der Waals surface area contributed by atoms with Gasteiger partial charge in [-0.2, -0.15) is 0 Å². The number of halogens is 2. The molecule has 0 amide bonds. The van der Waals surface area contributed by atoms with Crippen LogP contribution in [0.25, 0.3) is 28.2 Å². The van der Waals surface area contributed by atoms with Gasteiger partial charge in [-0.05, 0) is 75.1 Å². The van der Waals surface area contributed by atoms with Gasteiger partial charge in [0.05, 0.1) is 21.7 Å². The van der Waals surface area contributed by atoms with Crippen molar-refractivity contribution in [1.82, 2.24) is 15.1 Å². The normalized spacial score (nSPS) is 20.6. The quantitative estimate of drug-likeness (QED) is 0.222. The van der Waals surface area contributed by atoms with Crippen LogP contribution in [0.4, 0.5) is 5.69 Å². The van der Waals surface area contributed by atoms with Crippen LogP contribution in [0.1, 0.15) is 62.2 Å². The molecule has 1 spiro atoms. The summed E-state index contributed by atoms with van der Waals surface area (Å²) in [5.74, 6) is 2.90. The molecule has 6 nitrogen and oxygen atoms in total. The summed E-state index contributed by atoms with van der Waals surface area (Å²) >= 11 is 12.9. The van der Waals surface area contributed by atoms with Gasteiger partial charge in [-0.1, -0.05) is 40.5 Å². The maximum absolute atomic E-state index is 6.47. The van der Waals surface area contributed by atoms with Crippen LogP contribution >= 0.6 is 23.2 Å². The summed E-state index contributed by atoms with van der Waals surface area (Å²) in [6.07, 6.45) is 18.2. The molecule has 4 aliphatic rings. The van der Waals surface area contributed by atoms with Gasteiger partial charge in [0, 0.05) is 65.2 Å². The molecule has 1 aliphatic heterocycles. The fraction of sp³-hybridized carbons (Fsp3) is 0.406. The van der Waals surface area contributed by atoms with Gasteiger partial charge in [0.2, 0.25) is 0 Å². The third-order valence-corrected chi connectivity index (χ3v) is 9.74. The third kappa shape index (κ3) is 4.27. The number of rotatable bonds is 7. The van der Waals surface area contributed by atoms with E-state index in [1.807, 2.05) is 12.3 Å². The SMILES string of the molecule is Clc1cncc(Cl)c1-c1noc(C2CC2)c1/C=C/C1CC2(C1)CN(c1ccc3nccc(OC4CCC4)c3c1)C2. The molecule has 1 aromatic carbocycles. The van der Waals surface area contributed by atoms with Crippen LogP contribution in [0.3, 0.4) is 0 Å². The highest BCUT2D eigenvalue weighted by molar-refractivity contribution is 6.39. The lowest BCUT2D eigenvalue weighted by atomic mass is 9.57. The number of ether oxygens (including phenoxy) is 1. The van der Waals surface area contributed by atoms with Gasteiger partial charge >= 0.3 is 0 Å². The monoisotopic (exact) mass is 572 g/mol. The van der Waals surface area contributed by atoms with Crippen molar-refractivity contribution in [3.8, 4) is 17.0 Å². The first kappa shape index (κ1) is 24.7. The summed E-state index contributed by atoms with van der Waals surface area (Å²) < 4.78 is 12.1. The number of nitrogens with zero attached hydrogens (tertiary/aromatic N) is 4. The molecule has 204 valence electrons. The van der Waals surface area contributed by atoms with Crippen LogP contribution in [-0.4, -0.2) is 34.3 Å². The van der Waals surface area contributed by atoms with Crippen LogP contribution in [0.5, 0.6) is 5.75 Å². The first-order chi connectivity index (χ1) is 19.6. The Morgan fingerprint density at radius 1 is 1.02 bits per heavy atom. The fourth-order valence-electron chi connectivity index (χ4n) is 6.63. The number of pyridine rings is 2. The third-order valence-electron chi connectivity index (χ3n) is 9.17. The highest BCUT2D eigenvalue weighted by atomic mass is 35.5. The Balaban J connectivity index is 0.960. The number of hydrogen-bond donors (Lipinski definition) is 0. The predicted molar refractivity (Wildman–Crippen MR) is 158 cm³/mol. The van der Waals surface area contributed by atoms with Gasteiger partial charge in [0.15, 0.2) is 0 Å². The van der Waals surface area contributed by atoms with E-state index in [1.54, 1.807) is 12.4 Å². The Kier molecular flexibility index (Phi) is 5.86. The molecule has 1 saturated heterocycles. The summed E-state index contributed by atoms with van der Waals surface area (Å²) in [6, 6.07) is 8.61. The molecular formula is C32H30Cl2N4O2. The lowest BCUT2D eigenvalue weighted by Crippen LogP contribution is -2.62. The molecule has 3 aromatic heterocycles. The number of aromatic nitrogens is 3. The molecule has 3 aliphatic carbocycles. The van der Waals surface area contributed by atoms with Crippen LogP contribution in [0, 0.1) is 11.3 Å². The molecule has 0 atom stereocenters. The van der Waals surface area contributed by atoms with E-state index in [0.717, 1.165) is 66.7 Å². The van der Waals surface area contributed by atoms with Crippen molar-refractivity contribution in [3.63, 3.8) is 0 Å². The van der Waals surface area contributed by atoms with Crippen molar-refractivity contribution < 1.29 is 9.26 Å². The Bertz CT molecular complexity index is 1610. The highest BCUT2D eigenvalue weighted by Gasteiger charge is 2.51. The van der Waals surface area contributed by atoms with E-state index < -0.39 is 0 Å². The topological polar surface area (TPSA) is 64.3 Å². The van der Waals surface area contributed by atoms with Crippen molar-refractivity contribution in [1.29, 1.82) is 0 Å². The highest BCUT2D eigenvalue weighted by Crippen LogP contribution is 2.54. The molecule has 0 unspecified atom stereocenters. The standard InChI is InChI=1S/C32H30Cl2N4O2/c33-25-15-35-16-26(34)29(25)30-23(31(40-37-30)20-5-6-20)8-4-19-13-32(14-19)17-38(18-32)21-7-9-27-24(12-21)28(10-11-36-27)39-22-2-1-3-22/h4,7-12,15-16,19-20,22H,1-3,5-6,13-14,17-18H2/b8-4+. The zero-order valence-electron chi connectivity index (χ0n) is 22.2. The maximum Gasteiger partial charge on any atom is 0.147 e. The Morgan fingerprint density at radius 3 is 2.55 bits per heavy atom. The van der Waals surface area contributed by atoms with Gasteiger partial charge in [-0.25, -0.2) is 0 Å². The lowest BCUT2D eigenvalue weighted by molar-refractivity contribution is 0.0486. The largest absolute Gasteiger partial charge is 0.490 e. The van der Waals surface area contributed by atoms with Crippen molar-refractivity contribution in [2.45, 2.75) is 57.0 Å². The minimum absolute atomic E-state index is 0.356. The van der Waals surface area contributed by atoms with E-state index >= 15 is 0 Å². The summed E-state index contributed by atoms with van der Waals surface area (Å²) in [5, 5.41) is 6.49. The number of fused-ring (bicyclic) bond motifs is 1. The molecule has 8 rings (SSSR count). The van der Waals surface area contributed by atoms with Crippen molar-refractivity contribution in [2.24, 2.45) is 11.3 Å². The lowest BCUT2D eigenvalue weighted by Gasteiger charge is -2.59. The van der Waals surface area contributed by atoms with Crippen LogP contribution in [0.15, 0.2) is 53.5 Å². The first-order valence-corrected chi connectivity index (χ1v) is 15.1. The zero-order chi connectivity index (χ0) is 26.8. The van der Waals surface area contributed by atoms with E-state index in [4.69, 9.17) is 32.5 Å². The minimum atomic E-state index is 0.356. The number of anilines is 1. The van der Waals surface area contributed by atoms with Crippen molar-refractivity contribution >= 4 is 45.9 Å². The van der Waals surface area contributed by atoms with Crippen molar-refractivity contribution in [2.75, 3.05) is 18.0 Å². The van der Waals surface area contributed by atoms with Crippen LogP contribution in [-0.2, 0) is 0 Å². The first-order valence-electron chi connectivity index (χ1n) is 14.3. The van der Waals surface area contributed by atoms with Gasteiger partial charge in [-0.3, -0.25) is 9.97 Å². The molecule has 0 bridgehead atoms. The average molecular weight is 574 g/mol. The fourth-order valence-corrected chi connectivity index (χ4v) is 7.17. The molecule has 4 fully saturated rings. The molecule has 3 saturated carbocycles. The predicted octanol–water partition coefficient (Wildman–Crippen LogP) is 8.33. The van der Waals surface area contributed by atoms with Crippen LogP contribution < -0.4 is 9.64 Å². The van der Waals surface area contributed by atoms with E-state index in [1.165, 1.54) is 24.9 Å². The van der Waals surface area contributed by atoms with Crippen molar-refractivity contribution in [3.05, 3.63) is 70.3 Å². The summed E-state index contributed by atoms with van der Waals surface area (Å²) in [7, 11) is 0. The van der Waals surface area contributed by atoms with E-state index in [-0.39, 0.29) is 0 Å². The van der Waals surface area contributed by atoms with Gasteiger partial charge in [0.25, 0.3) is 0 Å². The van der Waals surface area contributed by atoms with Gasteiger partial charge in [0.1, 0.15) is 17.2 Å². The smallest absolute Gasteiger partial charge is 0.147 e. The Labute approximate surface area is 243 Å². The van der Waals surface area contributed by atoms with E-state index in [0.29, 0.717) is 44.7 Å². The second-order valence-corrected chi connectivity index (χ2v) is 12.9. The molecule has 4 heterocycles. The second-order valence-electron chi connectivity index (χ2n) is 12.1. The Hall–Kier alpha value is -3.09. The summed E-state index contributed by atoms with van der Waals surface area (Å²) in [5.41, 5.74) is 5.08. The second kappa shape index (κ2) is 9.49. The molecule has 0 radical (unpaired) electrons. The summed E-state index contributed by atoms with van der Waals surface area (Å²) in [6.45, 7) is 2.19. The average Bonchev–Trinajstić information content (AvgIpc) is 3.64. The van der Waals surface area contributed by atoms with E-state index in [9.17, 15) is 0 Å². The molecule has 8 heteroatoms. The molecular weight excluding hydrogens is 543 g/mol. The molecule has 40 heavy (non-hydrogen) atoms. The number of benzene rings is 1. The number of hydrogen-bond acceptors (Lipinski definition) is 6. The Morgan fingerprint density at radius 2 is 1.82 bits per heavy atom.